The third-order valence-electron chi connectivity index (χ3n) is 6.75. The van der Waals surface area contributed by atoms with Crippen LogP contribution in [0.3, 0.4) is 0 Å². The summed E-state index contributed by atoms with van der Waals surface area (Å²) >= 11 is 0. The summed E-state index contributed by atoms with van der Waals surface area (Å²) in [5.74, 6) is -0.0916. The second kappa shape index (κ2) is 10.4. The highest BCUT2D eigenvalue weighted by Crippen LogP contribution is 2.32. The predicted octanol–water partition coefficient (Wildman–Crippen LogP) is 3.64. The number of aliphatic hydroxyl groups excluding tert-OH is 1. The van der Waals surface area contributed by atoms with E-state index < -0.39 is 0 Å². The maximum absolute atomic E-state index is 13.5. The number of carbonyl (C=O) groups is 2. The van der Waals surface area contributed by atoms with Crippen LogP contribution in [0.25, 0.3) is 5.57 Å². The number of rotatable bonds is 6. The summed E-state index contributed by atoms with van der Waals surface area (Å²) < 4.78 is 6.32. The van der Waals surface area contributed by atoms with Gasteiger partial charge in [0, 0.05) is 31.3 Å². The van der Waals surface area contributed by atoms with Crippen LogP contribution in [-0.2, 0) is 0 Å². The summed E-state index contributed by atoms with van der Waals surface area (Å²) in [4.78, 5) is 34.4. The Hall–Kier alpha value is -3.19. The van der Waals surface area contributed by atoms with Crippen LogP contribution in [0.1, 0.15) is 59.4 Å². The van der Waals surface area contributed by atoms with Crippen molar-refractivity contribution in [2.45, 2.75) is 45.3 Å². The molecule has 1 aliphatic carbocycles. The molecule has 34 heavy (non-hydrogen) atoms. The summed E-state index contributed by atoms with van der Waals surface area (Å²) in [7, 11) is 1.76. The maximum Gasteiger partial charge on any atom is 0.259 e. The van der Waals surface area contributed by atoms with Gasteiger partial charge in [0.25, 0.3) is 11.8 Å². The molecule has 7 heteroatoms. The Balaban J connectivity index is 1.65. The van der Waals surface area contributed by atoms with E-state index in [9.17, 15) is 14.7 Å². The number of hydrogen-bond acceptors (Lipinski definition) is 5. The highest BCUT2D eigenvalue weighted by atomic mass is 16.5. The number of aliphatic hydroxyl groups is 1. The second-order valence-corrected chi connectivity index (χ2v) is 9.37. The van der Waals surface area contributed by atoms with E-state index in [4.69, 9.17) is 4.74 Å². The zero-order valence-electron chi connectivity index (χ0n) is 20.1. The Morgan fingerprint density at radius 2 is 2.09 bits per heavy atom. The van der Waals surface area contributed by atoms with Gasteiger partial charge in [0.2, 0.25) is 5.88 Å². The van der Waals surface area contributed by atoms with Crippen LogP contribution < -0.4 is 4.74 Å². The standard InChI is InChI=1S/C27H33N3O4/c1-18-15-30(19(2)17-31)27(33)23-13-22(20-9-7-8-10-20)14-28-25(23)34-24(18)16-29(3)26(32)21-11-5-4-6-12-21/h4-6,9,11-14,18-19,24,31H,7-8,10,15-17H2,1-3H3/t18-,19-,24-/m0/s1. The molecule has 0 radical (unpaired) electrons. The summed E-state index contributed by atoms with van der Waals surface area (Å²) in [6.45, 7) is 4.45. The van der Waals surface area contributed by atoms with Gasteiger partial charge in [-0.05, 0) is 55.5 Å². The van der Waals surface area contributed by atoms with Crippen LogP contribution in [-0.4, -0.2) is 70.6 Å². The van der Waals surface area contributed by atoms with Crippen LogP contribution in [0.5, 0.6) is 5.88 Å². The van der Waals surface area contributed by atoms with Crippen molar-refractivity contribution in [3.8, 4) is 5.88 Å². The van der Waals surface area contributed by atoms with E-state index in [1.54, 1.807) is 35.2 Å². The number of aromatic nitrogens is 1. The zero-order chi connectivity index (χ0) is 24.2. The quantitative estimate of drug-likeness (QED) is 0.707. The van der Waals surface area contributed by atoms with Crippen molar-refractivity contribution in [2.24, 2.45) is 5.92 Å². The molecule has 7 nitrogen and oxygen atoms in total. The van der Waals surface area contributed by atoms with Crippen molar-refractivity contribution >= 4 is 17.4 Å². The molecule has 1 aromatic heterocycles. The number of benzene rings is 1. The lowest BCUT2D eigenvalue weighted by atomic mass is 9.99. The Morgan fingerprint density at radius 1 is 1.32 bits per heavy atom. The van der Waals surface area contributed by atoms with Crippen molar-refractivity contribution in [2.75, 3.05) is 26.7 Å². The van der Waals surface area contributed by atoms with E-state index in [1.165, 1.54) is 5.57 Å². The normalized spacial score (nSPS) is 21.1. The lowest BCUT2D eigenvalue weighted by molar-refractivity contribution is 0.0313. The molecule has 180 valence electrons. The monoisotopic (exact) mass is 463 g/mol. The molecule has 0 spiro atoms. The van der Waals surface area contributed by atoms with E-state index >= 15 is 0 Å². The van der Waals surface area contributed by atoms with E-state index in [0.29, 0.717) is 24.2 Å². The number of nitrogens with zero attached hydrogens (tertiary/aromatic N) is 3. The second-order valence-electron chi connectivity index (χ2n) is 9.37. The topological polar surface area (TPSA) is 83.0 Å². The van der Waals surface area contributed by atoms with Gasteiger partial charge in [0.15, 0.2) is 0 Å². The molecule has 1 N–H and O–H groups in total. The molecule has 4 rings (SSSR count). The van der Waals surface area contributed by atoms with Crippen molar-refractivity contribution in [3.63, 3.8) is 0 Å². The SMILES string of the molecule is C[C@H]1CN([C@@H](C)CO)C(=O)c2cc(C3=CCCC3)cnc2O[C@H]1CN(C)C(=O)c1ccccc1. The minimum Gasteiger partial charge on any atom is -0.472 e. The summed E-state index contributed by atoms with van der Waals surface area (Å²) in [6.07, 6.45) is 6.70. The molecule has 0 saturated heterocycles. The molecule has 0 bridgehead atoms. The Morgan fingerprint density at radius 3 is 2.76 bits per heavy atom. The number of fused-ring (bicyclic) bond motifs is 1. The number of allylic oxidation sites excluding steroid dienone is 2. The van der Waals surface area contributed by atoms with Crippen LogP contribution in [0, 0.1) is 5.92 Å². The molecule has 0 fully saturated rings. The summed E-state index contributed by atoms with van der Waals surface area (Å²) in [6, 6.07) is 10.7. The number of likely N-dealkylation sites (N-methyl/N-ethyl adjacent to an activating group) is 1. The molecular weight excluding hydrogens is 430 g/mol. The van der Waals surface area contributed by atoms with E-state index in [2.05, 4.69) is 11.1 Å². The largest absolute Gasteiger partial charge is 0.472 e. The van der Waals surface area contributed by atoms with Crippen LogP contribution in [0.15, 0.2) is 48.7 Å². The number of hydrogen-bond donors (Lipinski definition) is 1. The van der Waals surface area contributed by atoms with E-state index in [1.807, 2.05) is 38.1 Å². The van der Waals surface area contributed by atoms with E-state index in [0.717, 1.165) is 24.8 Å². The highest BCUT2D eigenvalue weighted by Gasteiger charge is 2.35. The summed E-state index contributed by atoms with van der Waals surface area (Å²) in [5.41, 5.74) is 3.15. The fourth-order valence-electron chi connectivity index (χ4n) is 4.58. The van der Waals surface area contributed by atoms with Crippen LogP contribution in [0.4, 0.5) is 0 Å². The first-order chi connectivity index (χ1) is 16.4. The predicted molar refractivity (Wildman–Crippen MR) is 131 cm³/mol. The zero-order valence-corrected chi connectivity index (χ0v) is 20.1. The van der Waals surface area contributed by atoms with Gasteiger partial charge in [-0.1, -0.05) is 31.2 Å². The lowest BCUT2D eigenvalue weighted by Crippen LogP contribution is -2.50. The van der Waals surface area contributed by atoms with Crippen molar-refractivity contribution in [3.05, 3.63) is 65.4 Å². The summed E-state index contributed by atoms with van der Waals surface area (Å²) in [5, 5.41) is 9.84. The van der Waals surface area contributed by atoms with Gasteiger partial charge < -0.3 is 19.6 Å². The van der Waals surface area contributed by atoms with Gasteiger partial charge in [-0.15, -0.1) is 0 Å². The molecule has 0 saturated carbocycles. The average molecular weight is 464 g/mol. The average Bonchev–Trinajstić information content (AvgIpc) is 3.40. The fourth-order valence-corrected chi connectivity index (χ4v) is 4.58. The first-order valence-electron chi connectivity index (χ1n) is 12.0. The number of ether oxygens (including phenoxy) is 1. The van der Waals surface area contributed by atoms with Crippen molar-refractivity contribution in [1.29, 1.82) is 0 Å². The van der Waals surface area contributed by atoms with Gasteiger partial charge in [-0.25, -0.2) is 4.98 Å². The van der Waals surface area contributed by atoms with Crippen LogP contribution in [0.2, 0.25) is 0 Å². The molecule has 2 aromatic rings. The molecular formula is C27H33N3O4. The van der Waals surface area contributed by atoms with Crippen molar-refractivity contribution < 1.29 is 19.4 Å². The van der Waals surface area contributed by atoms with E-state index in [-0.39, 0.29) is 42.4 Å². The third kappa shape index (κ3) is 4.99. The maximum atomic E-state index is 13.5. The minimum atomic E-state index is -0.373. The molecule has 1 aromatic carbocycles. The lowest BCUT2D eigenvalue weighted by Gasteiger charge is -2.37. The fraction of sp³-hybridized carbons (Fsp3) is 0.444. The van der Waals surface area contributed by atoms with Gasteiger partial charge in [-0.3, -0.25) is 9.59 Å². The molecule has 0 unspecified atom stereocenters. The van der Waals surface area contributed by atoms with Crippen LogP contribution >= 0.6 is 0 Å². The first kappa shape index (κ1) is 24.0. The molecule has 2 aliphatic rings. The highest BCUT2D eigenvalue weighted by molar-refractivity contribution is 5.97. The first-order valence-corrected chi connectivity index (χ1v) is 12.0. The Kier molecular flexibility index (Phi) is 7.32. The van der Waals surface area contributed by atoms with Crippen molar-refractivity contribution in [1.82, 2.24) is 14.8 Å². The minimum absolute atomic E-state index is 0.0869. The number of amides is 2. The Bertz CT molecular complexity index is 1070. The van der Waals surface area contributed by atoms with Gasteiger partial charge >= 0.3 is 0 Å². The smallest absolute Gasteiger partial charge is 0.259 e. The Labute approximate surface area is 201 Å². The number of pyridine rings is 1. The van der Waals surface area contributed by atoms with Gasteiger partial charge in [0.1, 0.15) is 11.7 Å². The van der Waals surface area contributed by atoms with Gasteiger partial charge in [0.05, 0.1) is 19.2 Å². The molecule has 2 heterocycles. The molecule has 2 amide bonds. The molecule has 1 aliphatic heterocycles. The molecule has 3 atom stereocenters. The number of carbonyl (C=O) groups excluding carboxylic acids is 2. The third-order valence-corrected chi connectivity index (χ3v) is 6.75. The van der Waals surface area contributed by atoms with Gasteiger partial charge in [-0.2, -0.15) is 0 Å².